The van der Waals surface area contributed by atoms with E-state index in [9.17, 15) is 0 Å². The van der Waals surface area contributed by atoms with Crippen molar-refractivity contribution < 1.29 is 0 Å². The number of rotatable bonds is 6. The highest BCUT2D eigenvalue weighted by molar-refractivity contribution is 7.09. The van der Waals surface area contributed by atoms with Crippen LogP contribution < -0.4 is 5.32 Å². The van der Waals surface area contributed by atoms with E-state index in [2.05, 4.69) is 66.8 Å². The molecule has 1 aromatic carbocycles. The van der Waals surface area contributed by atoms with E-state index in [1.165, 1.54) is 5.56 Å². The molecule has 1 heterocycles. The SMILES string of the molecule is Cc1nc(CNC(CC(C)C)c2ccccc2)cs1. The third-order valence-corrected chi connectivity index (χ3v) is 3.93. The Balaban J connectivity index is 2.02. The molecule has 0 aliphatic rings. The summed E-state index contributed by atoms with van der Waals surface area (Å²) in [5.74, 6) is 0.676. The Bertz CT molecular complexity index is 490. The lowest BCUT2D eigenvalue weighted by molar-refractivity contribution is 0.427. The molecule has 0 radical (unpaired) electrons. The monoisotopic (exact) mass is 274 g/mol. The third kappa shape index (κ3) is 4.44. The zero-order valence-corrected chi connectivity index (χ0v) is 12.7. The van der Waals surface area contributed by atoms with Gasteiger partial charge < -0.3 is 5.32 Å². The van der Waals surface area contributed by atoms with Gasteiger partial charge in [0, 0.05) is 18.0 Å². The van der Waals surface area contributed by atoms with Crippen LogP contribution in [0, 0.1) is 12.8 Å². The smallest absolute Gasteiger partial charge is 0.0897 e. The molecular formula is C16H22N2S. The lowest BCUT2D eigenvalue weighted by Crippen LogP contribution is -2.22. The van der Waals surface area contributed by atoms with Gasteiger partial charge in [0.05, 0.1) is 10.7 Å². The quantitative estimate of drug-likeness (QED) is 0.848. The van der Waals surface area contributed by atoms with E-state index in [4.69, 9.17) is 0 Å². The number of benzene rings is 1. The summed E-state index contributed by atoms with van der Waals surface area (Å²) in [5, 5.41) is 6.92. The molecule has 0 spiro atoms. The third-order valence-electron chi connectivity index (χ3n) is 3.11. The molecule has 102 valence electrons. The molecule has 1 aromatic heterocycles. The molecule has 0 bridgehead atoms. The first-order valence-corrected chi connectivity index (χ1v) is 7.72. The summed E-state index contributed by atoms with van der Waals surface area (Å²) in [4.78, 5) is 4.51. The molecular weight excluding hydrogens is 252 g/mol. The number of hydrogen-bond acceptors (Lipinski definition) is 3. The molecule has 1 N–H and O–H groups in total. The summed E-state index contributed by atoms with van der Waals surface area (Å²) < 4.78 is 0. The lowest BCUT2D eigenvalue weighted by Gasteiger charge is -2.20. The van der Waals surface area contributed by atoms with Gasteiger partial charge in [-0.1, -0.05) is 44.2 Å². The minimum atomic E-state index is 0.406. The van der Waals surface area contributed by atoms with Crippen LogP contribution in [0.15, 0.2) is 35.7 Å². The van der Waals surface area contributed by atoms with E-state index >= 15 is 0 Å². The Morgan fingerprint density at radius 2 is 1.95 bits per heavy atom. The van der Waals surface area contributed by atoms with Crippen LogP contribution in [-0.2, 0) is 6.54 Å². The molecule has 2 nitrogen and oxygen atoms in total. The van der Waals surface area contributed by atoms with Gasteiger partial charge in [0.15, 0.2) is 0 Å². The van der Waals surface area contributed by atoms with Crippen LogP contribution in [0.25, 0.3) is 0 Å². The largest absolute Gasteiger partial charge is 0.304 e. The molecule has 2 rings (SSSR count). The van der Waals surface area contributed by atoms with E-state index in [-0.39, 0.29) is 0 Å². The number of nitrogens with one attached hydrogen (secondary N) is 1. The number of aromatic nitrogens is 1. The number of nitrogens with zero attached hydrogens (tertiary/aromatic N) is 1. The molecule has 2 aromatic rings. The summed E-state index contributed by atoms with van der Waals surface area (Å²) >= 11 is 1.71. The van der Waals surface area contributed by atoms with Crippen LogP contribution in [-0.4, -0.2) is 4.98 Å². The average molecular weight is 274 g/mol. The van der Waals surface area contributed by atoms with E-state index in [1.54, 1.807) is 11.3 Å². The number of aryl methyl sites for hydroxylation is 1. The van der Waals surface area contributed by atoms with Crippen LogP contribution >= 0.6 is 11.3 Å². The van der Waals surface area contributed by atoms with E-state index in [1.807, 2.05) is 0 Å². The Hall–Kier alpha value is -1.19. The van der Waals surface area contributed by atoms with Crippen molar-refractivity contribution >= 4 is 11.3 Å². The zero-order chi connectivity index (χ0) is 13.7. The average Bonchev–Trinajstić information content (AvgIpc) is 2.81. The van der Waals surface area contributed by atoms with Gasteiger partial charge in [-0.3, -0.25) is 0 Å². The van der Waals surface area contributed by atoms with Gasteiger partial charge in [-0.25, -0.2) is 4.98 Å². The van der Waals surface area contributed by atoms with E-state index < -0.39 is 0 Å². The van der Waals surface area contributed by atoms with Gasteiger partial charge in [0.1, 0.15) is 0 Å². The molecule has 0 fully saturated rings. The molecule has 0 saturated carbocycles. The fourth-order valence-corrected chi connectivity index (χ4v) is 2.82. The molecule has 19 heavy (non-hydrogen) atoms. The van der Waals surface area contributed by atoms with Gasteiger partial charge in [0.2, 0.25) is 0 Å². The fraction of sp³-hybridized carbons (Fsp3) is 0.438. The maximum Gasteiger partial charge on any atom is 0.0897 e. The van der Waals surface area contributed by atoms with Gasteiger partial charge in [-0.15, -0.1) is 11.3 Å². The van der Waals surface area contributed by atoms with Crippen molar-refractivity contribution in [1.82, 2.24) is 10.3 Å². The fourth-order valence-electron chi connectivity index (χ4n) is 2.21. The first-order valence-electron chi connectivity index (χ1n) is 6.84. The Kier molecular flexibility index (Phi) is 5.11. The van der Waals surface area contributed by atoms with Crippen LogP contribution in [0.4, 0.5) is 0 Å². The highest BCUT2D eigenvalue weighted by Crippen LogP contribution is 2.21. The molecule has 0 aliphatic heterocycles. The first kappa shape index (κ1) is 14.2. The number of thiazole rings is 1. The van der Waals surface area contributed by atoms with Gasteiger partial charge in [0.25, 0.3) is 0 Å². The normalized spacial score (nSPS) is 12.8. The summed E-state index contributed by atoms with van der Waals surface area (Å²) in [6.45, 7) is 7.43. The molecule has 0 aliphatic carbocycles. The van der Waals surface area contributed by atoms with E-state index in [0.29, 0.717) is 12.0 Å². The second-order valence-electron chi connectivity index (χ2n) is 5.33. The minimum absolute atomic E-state index is 0.406. The highest BCUT2D eigenvalue weighted by Gasteiger charge is 2.13. The van der Waals surface area contributed by atoms with Crippen molar-refractivity contribution in [3.8, 4) is 0 Å². The van der Waals surface area contributed by atoms with Crippen LogP contribution in [0.1, 0.15) is 42.6 Å². The van der Waals surface area contributed by atoms with Crippen LogP contribution in [0.5, 0.6) is 0 Å². The summed E-state index contributed by atoms with van der Waals surface area (Å²) in [6, 6.07) is 11.1. The van der Waals surface area contributed by atoms with Crippen molar-refractivity contribution in [1.29, 1.82) is 0 Å². The molecule has 0 amide bonds. The predicted octanol–water partition coefficient (Wildman–Crippen LogP) is 4.33. The molecule has 1 unspecified atom stereocenters. The zero-order valence-electron chi connectivity index (χ0n) is 11.9. The summed E-state index contributed by atoms with van der Waals surface area (Å²) in [6.07, 6.45) is 1.15. The topological polar surface area (TPSA) is 24.9 Å². The minimum Gasteiger partial charge on any atom is -0.304 e. The van der Waals surface area contributed by atoms with E-state index in [0.717, 1.165) is 23.7 Å². The van der Waals surface area contributed by atoms with Gasteiger partial charge >= 0.3 is 0 Å². The first-order chi connectivity index (χ1) is 9.15. The summed E-state index contributed by atoms with van der Waals surface area (Å²) in [5.41, 5.74) is 2.51. The second-order valence-corrected chi connectivity index (χ2v) is 6.39. The lowest BCUT2D eigenvalue weighted by atomic mass is 9.97. The maximum atomic E-state index is 4.51. The Labute approximate surface area is 119 Å². The van der Waals surface area contributed by atoms with Crippen LogP contribution in [0.3, 0.4) is 0 Å². The summed E-state index contributed by atoms with van der Waals surface area (Å²) in [7, 11) is 0. The van der Waals surface area contributed by atoms with Crippen molar-refractivity contribution in [2.24, 2.45) is 5.92 Å². The highest BCUT2D eigenvalue weighted by atomic mass is 32.1. The molecule has 1 atom stereocenters. The number of hydrogen-bond donors (Lipinski definition) is 1. The Morgan fingerprint density at radius 3 is 2.53 bits per heavy atom. The van der Waals surface area contributed by atoms with Crippen molar-refractivity contribution in [3.05, 3.63) is 52.0 Å². The van der Waals surface area contributed by atoms with Crippen molar-refractivity contribution in [2.75, 3.05) is 0 Å². The van der Waals surface area contributed by atoms with Crippen LogP contribution in [0.2, 0.25) is 0 Å². The Morgan fingerprint density at radius 1 is 1.21 bits per heavy atom. The van der Waals surface area contributed by atoms with Crippen molar-refractivity contribution in [2.45, 2.75) is 39.8 Å². The molecule has 0 saturated heterocycles. The molecule has 3 heteroatoms. The predicted molar refractivity (Wildman–Crippen MR) is 82.3 cm³/mol. The van der Waals surface area contributed by atoms with Gasteiger partial charge in [-0.05, 0) is 24.8 Å². The maximum absolute atomic E-state index is 4.51. The van der Waals surface area contributed by atoms with Gasteiger partial charge in [-0.2, -0.15) is 0 Å². The van der Waals surface area contributed by atoms with Crippen molar-refractivity contribution in [3.63, 3.8) is 0 Å². The second kappa shape index (κ2) is 6.83. The standard InChI is InChI=1S/C16H22N2S/c1-12(2)9-16(14-7-5-4-6-8-14)17-10-15-11-19-13(3)18-15/h4-8,11-12,16-17H,9-10H2,1-3H3.